The van der Waals surface area contributed by atoms with Crippen LogP contribution in [0, 0.1) is 17.8 Å². The normalized spacial score (nSPS) is 20.9. The second-order valence-corrected chi connectivity index (χ2v) is 6.34. The van der Waals surface area contributed by atoms with Gasteiger partial charge in [0, 0.05) is 36.5 Å². The zero-order valence-electron chi connectivity index (χ0n) is 13.3. The summed E-state index contributed by atoms with van der Waals surface area (Å²) in [5.41, 5.74) is 0.826. The predicted molar refractivity (Wildman–Crippen MR) is 88.4 cm³/mol. The lowest BCUT2D eigenvalue weighted by Gasteiger charge is -2.20. The van der Waals surface area contributed by atoms with E-state index in [0.29, 0.717) is 6.54 Å². The molecule has 4 heteroatoms. The van der Waals surface area contributed by atoms with Crippen LogP contribution in [0.3, 0.4) is 0 Å². The molecule has 1 heterocycles. The molecule has 1 aromatic carbocycles. The molecule has 2 fully saturated rings. The first-order valence-corrected chi connectivity index (χ1v) is 8.39. The first-order chi connectivity index (χ1) is 11.2. The molecule has 1 N–H and O–H groups in total. The fourth-order valence-corrected chi connectivity index (χ4v) is 3.38. The summed E-state index contributed by atoms with van der Waals surface area (Å²) in [6, 6.07) is 9.48. The van der Waals surface area contributed by atoms with Gasteiger partial charge in [0.1, 0.15) is 0 Å². The monoisotopic (exact) mass is 310 g/mol. The van der Waals surface area contributed by atoms with Gasteiger partial charge in [0.25, 0.3) is 5.91 Å². The Balaban J connectivity index is 1.49. The van der Waals surface area contributed by atoms with E-state index in [1.165, 1.54) is 12.8 Å². The highest BCUT2D eigenvalue weighted by atomic mass is 16.2. The summed E-state index contributed by atoms with van der Waals surface area (Å²) >= 11 is 0. The fraction of sp³-hybridized carbons (Fsp3) is 0.474. The van der Waals surface area contributed by atoms with Crippen molar-refractivity contribution in [3.8, 4) is 11.8 Å². The van der Waals surface area contributed by atoms with Crippen molar-refractivity contribution >= 4 is 11.8 Å². The Kier molecular flexibility index (Phi) is 4.97. The van der Waals surface area contributed by atoms with Crippen LogP contribution in [-0.2, 0) is 9.59 Å². The average Bonchev–Trinajstić information content (AvgIpc) is 3.25. The van der Waals surface area contributed by atoms with Crippen LogP contribution in [0.2, 0.25) is 0 Å². The zero-order valence-corrected chi connectivity index (χ0v) is 13.3. The van der Waals surface area contributed by atoms with E-state index in [4.69, 9.17) is 0 Å². The van der Waals surface area contributed by atoms with Gasteiger partial charge >= 0.3 is 0 Å². The summed E-state index contributed by atoms with van der Waals surface area (Å²) < 4.78 is 0. The first-order valence-electron chi connectivity index (χ1n) is 8.39. The third kappa shape index (κ3) is 4.13. The lowest BCUT2D eigenvalue weighted by Crippen LogP contribution is -2.39. The summed E-state index contributed by atoms with van der Waals surface area (Å²) in [6.07, 6.45) is 5.19. The molecule has 0 spiro atoms. The van der Waals surface area contributed by atoms with Gasteiger partial charge in [-0.3, -0.25) is 9.59 Å². The van der Waals surface area contributed by atoms with Gasteiger partial charge in [0.15, 0.2) is 0 Å². The van der Waals surface area contributed by atoms with Gasteiger partial charge in [0.2, 0.25) is 5.91 Å². The van der Waals surface area contributed by atoms with Crippen molar-refractivity contribution in [2.45, 2.75) is 38.1 Å². The third-order valence-corrected chi connectivity index (χ3v) is 4.63. The van der Waals surface area contributed by atoms with Crippen molar-refractivity contribution in [2.75, 3.05) is 13.1 Å². The molecule has 2 amide bonds. The molecular formula is C19H22N2O2. The molecule has 1 aromatic rings. The van der Waals surface area contributed by atoms with E-state index in [2.05, 4.69) is 17.2 Å². The molecule has 4 nitrogen and oxygen atoms in total. The molecule has 2 aliphatic rings. The molecule has 1 unspecified atom stereocenters. The Morgan fingerprint density at radius 2 is 1.83 bits per heavy atom. The van der Waals surface area contributed by atoms with E-state index in [1.54, 1.807) is 0 Å². The number of nitrogens with zero attached hydrogens (tertiary/aromatic N) is 1. The lowest BCUT2D eigenvalue weighted by atomic mass is 10.1. The number of likely N-dealkylation sites (tertiary alicyclic amines) is 1. The molecule has 3 rings (SSSR count). The topological polar surface area (TPSA) is 49.4 Å². The number of rotatable bonds is 2. The number of carbonyl (C=O) groups is 2. The molecule has 1 saturated carbocycles. The van der Waals surface area contributed by atoms with Crippen LogP contribution in [-0.4, -0.2) is 35.8 Å². The van der Waals surface area contributed by atoms with Crippen LogP contribution in [0.1, 0.15) is 37.7 Å². The van der Waals surface area contributed by atoms with Gasteiger partial charge in [0.05, 0.1) is 0 Å². The Morgan fingerprint density at radius 1 is 1.09 bits per heavy atom. The van der Waals surface area contributed by atoms with E-state index in [9.17, 15) is 9.59 Å². The Hall–Kier alpha value is -2.28. The molecule has 0 radical (unpaired) electrons. The first kappa shape index (κ1) is 15.6. The van der Waals surface area contributed by atoms with Gasteiger partial charge in [-0.15, -0.1) is 0 Å². The highest BCUT2D eigenvalue weighted by Gasteiger charge is 2.32. The molecule has 1 aliphatic heterocycles. The maximum absolute atomic E-state index is 12.4. The molecule has 1 saturated heterocycles. The summed E-state index contributed by atoms with van der Waals surface area (Å²) in [5.74, 6) is 5.69. The summed E-state index contributed by atoms with van der Waals surface area (Å²) in [4.78, 5) is 26.2. The van der Waals surface area contributed by atoms with Crippen molar-refractivity contribution in [3.05, 3.63) is 35.9 Å². The highest BCUT2D eigenvalue weighted by molar-refractivity contribution is 5.94. The van der Waals surface area contributed by atoms with Crippen molar-refractivity contribution in [1.29, 1.82) is 0 Å². The van der Waals surface area contributed by atoms with E-state index in [0.717, 1.165) is 31.4 Å². The SMILES string of the molecule is O=C(C#Cc1ccccc1)NC1CCN(C(=O)C2CCCC2)C1. The van der Waals surface area contributed by atoms with E-state index < -0.39 is 0 Å². The van der Waals surface area contributed by atoms with Crippen LogP contribution in [0.4, 0.5) is 0 Å². The van der Waals surface area contributed by atoms with Gasteiger partial charge in [-0.2, -0.15) is 0 Å². The highest BCUT2D eigenvalue weighted by Crippen LogP contribution is 2.27. The van der Waals surface area contributed by atoms with E-state index >= 15 is 0 Å². The van der Waals surface area contributed by atoms with Crippen molar-refractivity contribution in [2.24, 2.45) is 5.92 Å². The Morgan fingerprint density at radius 3 is 2.57 bits per heavy atom. The molecule has 1 aliphatic carbocycles. The number of hydrogen-bond acceptors (Lipinski definition) is 2. The van der Waals surface area contributed by atoms with Gasteiger partial charge < -0.3 is 10.2 Å². The molecular weight excluding hydrogens is 288 g/mol. The van der Waals surface area contributed by atoms with Crippen LogP contribution in [0.5, 0.6) is 0 Å². The van der Waals surface area contributed by atoms with Crippen molar-refractivity contribution in [3.63, 3.8) is 0 Å². The molecule has 0 aromatic heterocycles. The smallest absolute Gasteiger partial charge is 0.296 e. The van der Waals surface area contributed by atoms with Crippen LogP contribution < -0.4 is 5.32 Å². The van der Waals surface area contributed by atoms with Gasteiger partial charge in [-0.1, -0.05) is 37.0 Å². The fourth-order valence-electron chi connectivity index (χ4n) is 3.38. The van der Waals surface area contributed by atoms with Crippen molar-refractivity contribution in [1.82, 2.24) is 10.2 Å². The molecule has 23 heavy (non-hydrogen) atoms. The zero-order chi connectivity index (χ0) is 16.1. The number of amides is 2. The lowest BCUT2D eigenvalue weighted by molar-refractivity contribution is -0.134. The number of benzene rings is 1. The molecule has 0 bridgehead atoms. The quantitative estimate of drug-likeness (QED) is 0.849. The number of hydrogen-bond donors (Lipinski definition) is 1. The molecule has 120 valence electrons. The van der Waals surface area contributed by atoms with Gasteiger partial charge in [-0.25, -0.2) is 0 Å². The summed E-state index contributed by atoms with van der Waals surface area (Å²) in [7, 11) is 0. The second kappa shape index (κ2) is 7.32. The standard InChI is InChI=1S/C19H22N2O2/c22-18(11-10-15-6-2-1-3-7-15)20-17-12-13-21(14-17)19(23)16-8-4-5-9-16/h1-3,6-7,16-17H,4-5,8-9,12-14H2,(H,20,22). The summed E-state index contributed by atoms with van der Waals surface area (Å²) in [5, 5.41) is 2.92. The van der Waals surface area contributed by atoms with Gasteiger partial charge in [-0.05, 0) is 31.4 Å². The van der Waals surface area contributed by atoms with E-state index in [1.807, 2.05) is 35.2 Å². The van der Waals surface area contributed by atoms with Crippen LogP contribution in [0.25, 0.3) is 0 Å². The third-order valence-electron chi connectivity index (χ3n) is 4.63. The number of nitrogens with one attached hydrogen (secondary N) is 1. The Bertz CT molecular complexity index is 624. The maximum atomic E-state index is 12.4. The predicted octanol–water partition coefficient (Wildman–Crippen LogP) is 1.95. The van der Waals surface area contributed by atoms with Crippen LogP contribution in [0.15, 0.2) is 30.3 Å². The van der Waals surface area contributed by atoms with Crippen LogP contribution >= 0.6 is 0 Å². The minimum absolute atomic E-state index is 0.0259. The number of carbonyl (C=O) groups excluding carboxylic acids is 2. The second-order valence-electron chi connectivity index (χ2n) is 6.34. The minimum atomic E-state index is -0.269. The summed E-state index contributed by atoms with van der Waals surface area (Å²) in [6.45, 7) is 1.36. The Labute approximate surface area is 137 Å². The average molecular weight is 310 g/mol. The maximum Gasteiger partial charge on any atom is 0.296 e. The minimum Gasteiger partial charge on any atom is -0.341 e. The van der Waals surface area contributed by atoms with E-state index in [-0.39, 0.29) is 23.8 Å². The largest absolute Gasteiger partial charge is 0.341 e. The van der Waals surface area contributed by atoms with Crippen molar-refractivity contribution < 1.29 is 9.59 Å². The molecule has 1 atom stereocenters.